The van der Waals surface area contributed by atoms with Gasteiger partial charge in [0.25, 0.3) is 0 Å². The fraction of sp³-hybridized carbons (Fsp3) is 0.375. The Morgan fingerprint density at radius 1 is 1.06 bits per heavy atom. The molecule has 7 nitrogen and oxygen atoms in total. The van der Waals surface area contributed by atoms with Crippen LogP contribution in [0.25, 0.3) is 0 Å². The van der Waals surface area contributed by atoms with Crippen LogP contribution >= 0.6 is 0 Å². The predicted molar refractivity (Wildman–Crippen MR) is 119 cm³/mol. The van der Waals surface area contributed by atoms with Crippen LogP contribution in [-0.2, 0) is 11.2 Å². The lowest BCUT2D eigenvalue weighted by Gasteiger charge is -2.28. The first-order valence-corrected chi connectivity index (χ1v) is 10.8. The normalized spacial score (nSPS) is 17.3. The number of amides is 1. The quantitative estimate of drug-likeness (QED) is 0.637. The molecule has 1 atom stereocenters. The zero-order valence-electron chi connectivity index (χ0n) is 17.9. The van der Waals surface area contributed by atoms with Crippen molar-refractivity contribution in [2.75, 3.05) is 32.8 Å². The Morgan fingerprint density at radius 3 is 2.52 bits per heavy atom. The lowest BCUT2D eigenvalue weighted by atomic mass is 10.1. The monoisotopic (exact) mass is 419 g/mol. The molecule has 2 heterocycles. The summed E-state index contributed by atoms with van der Waals surface area (Å²) in [7, 11) is 0. The van der Waals surface area contributed by atoms with E-state index < -0.39 is 0 Å². The van der Waals surface area contributed by atoms with Gasteiger partial charge >= 0.3 is 0 Å². The number of carbonyl (C=O) groups is 1. The molecule has 1 aromatic heterocycles. The average Bonchev–Trinajstić information content (AvgIpc) is 3.10. The second kappa shape index (κ2) is 10.2. The van der Waals surface area contributed by atoms with Gasteiger partial charge in [-0.05, 0) is 31.0 Å². The molecule has 3 aromatic rings. The van der Waals surface area contributed by atoms with Crippen LogP contribution in [0.5, 0.6) is 5.75 Å². The minimum atomic E-state index is -0.124. The number of para-hydroxylation sites is 1. The van der Waals surface area contributed by atoms with E-state index in [1.165, 1.54) is 0 Å². The maximum atomic E-state index is 13.2. The third kappa shape index (κ3) is 5.70. The van der Waals surface area contributed by atoms with Gasteiger partial charge in [-0.2, -0.15) is 5.10 Å². The maximum absolute atomic E-state index is 13.2. The number of hydrogen-bond donors (Lipinski definition) is 1. The number of aryl methyl sites for hydroxylation is 1. The summed E-state index contributed by atoms with van der Waals surface area (Å²) in [6.07, 6.45) is 1.18. The molecule has 1 N–H and O–H groups in total. The summed E-state index contributed by atoms with van der Waals surface area (Å²) in [6, 6.07) is 19.6. The van der Waals surface area contributed by atoms with Gasteiger partial charge in [0.05, 0.1) is 12.5 Å². The molecule has 162 valence electrons. The second-order valence-electron chi connectivity index (χ2n) is 7.84. The van der Waals surface area contributed by atoms with Gasteiger partial charge < -0.3 is 9.64 Å². The van der Waals surface area contributed by atoms with Crippen molar-refractivity contribution in [3.05, 3.63) is 77.9 Å². The second-order valence-corrected chi connectivity index (χ2v) is 7.84. The topological polar surface area (TPSA) is 74.3 Å². The highest BCUT2D eigenvalue weighted by Crippen LogP contribution is 2.25. The number of ether oxygens (including phenoxy) is 1. The zero-order chi connectivity index (χ0) is 21.5. The lowest BCUT2D eigenvalue weighted by Crippen LogP contribution is -2.38. The average molecular weight is 420 g/mol. The summed E-state index contributed by atoms with van der Waals surface area (Å²) in [4.78, 5) is 22.1. The van der Waals surface area contributed by atoms with E-state index in [4.69, 9.17) is 4.74 Å². The highest BCUT2D eigenvalue weighted by atomic mass is 16.5. The molecule has 4 rings (SSSR count). The van der Waals surface area contributed by atoms with Gasteiger partial charge in [0, 0.05) is 26.2 Å². The smallest absolute Gasteiger partial charge is 0.227 e. The first-order chi connectivity index (χ1) is 15.2. The molecule has 1 saturated heterocycles. The molecule has 1 unspecified atom stereocenters. The standard InChI is InChI=1S/C24H29N5O2/c1-19-25-24(27-26-19)22-12-13-28(16-17-31-21-10-6-3-7-11-21)14-15-29(22)23(30)18-20-8-4-2-5-9-20/h2-11,22H,12-18H2,1H3,(H,25,26,27). The summed E-state index contributed by atoms with van der Waals surface area (Å²) in [5.41, 5.74) is 1.02. The Labute approximate surface area is 183 Å². The molecule has 7 heteroatoms. The SMILES string of the molecule is Cc1nc(C2CCN(CCOc3ccccc3)CCN2C(=O)Cc2ccccc2)n[nH]1. The van der Waals surface area contributed by atoms with Crippen LogP contribution in [0.3, 0.4) is 0 Å². The molecule has 0 bridgehead atoms. The number of hydrogen-bond acceptors (Lipinski definition) is 5. The van der Waals surface area contributed by atoms with Crippen LogP contribution in [0.4, 0.5) is 0 Å². The molecule has 0 saturated carbocycles. The van der Waals surface area contributed by atoms with Crippen molar-refractivity contribution >= 4 is 5.91 Å². The van der Waals surface area contributed by atoms with Gasteiger partial charge in [-0.15, -0.1) is 0 Å². The number of rotatable bonds is 7. The van der Waals surface area contributed by atoms with E-state index in [1.807, 2.05) is 72.5 Å². The first-order valence-electron chi connectivity index (χ1n) is 10.8. The Kier molecular flexibility index (Phi) is 6.94. The van der Waals surface area contributed by atoms with Gasteiger partial charge in [-0.25, -0.2) is 4.98 Å². The maximum Gasteiger partial charge on any atom is 0.227 e. The van der Waals surface area contributed by atoms with Gasteiger partial charge in [-0.3, -0.25) is 14.8 Å². The fourth-order valence-corrected chi connectivity index (χ4v) is 3.96. The Hall–Kier alpha value is -3.19. The first kappa shape index (κ1) is 21.1. The third-order valence-corrected chi connectivity index (χ3v) is 5.60. The van der Waals surface area contributed by atoms with Crippen LogP contribution < -0.4 is 4.74 Å². The summed E-state index contributed by atoms with van der Waals surface area (Å²) in [6.45, 7) is 5.64. The summed E-state index contributed by atoms with van der Waals surface area (Å²) >= 11 is 0. The largest absolute Gasteiger partial charge is 0.492 e. The number of H-pyrrole nitrogens is 1. The Morgan fingerprint density at radius 2 is 1.81 bits per heavy atom. The highest BCUT2D eigenvalue weighted by Gasteiger charge is 2.31. The summed E-state index contributed by atoms with van der Waals surface area (Å²) in [5.74, 6) is 2.45. The molecule has 1 amide bonds. The van der Waals surface area contributed by atoms with Crippen molar-refractivity contribution in [2.24, 2.45) is 0 Å². The minimum absolute atomic E-state index is 0.112. The van der Waals surface area contributed by atoms with Gasteiger partial charge in [0.15, 0.2) is 5.82 Å². The van der Waals surface area contributed by atoms with Crippen molar-refractivity contribution < 1.29 is 9.53 Å². The van der Waals surface area contributed by atoms with E-state index in [0.29, 0.717) is 25.4 Å². The van der Waals surface area contributed by atoms with Crippen LogP contribution in [0.15, 0.2) is 60.7 Å². The number of aromatic amines is 1. The predicted octanol–water partition coefficient (Wildman–Crippen LogP) is 3.01. The van der Waals surface area contributed by atoms with E-state index in [1.54, 1.807) is 0 Å². The van der Waals surface area contributed by atoms with E-state index in [-0.39, 0.29) is 11.9 Å². The molecular formula is C24H29N5O2. The minimum Gasteiger partial charge on any atom is -0.492 e. The van der Waals surface area contributed by atoms with Crippen molar-refractivity contribution in [3.63, 3.8) is 0 Å². The van der Waals surface area contributed by atoms with Crippen LogP contribution in [-0.4, -0.2) is 63.7 Å². The van der Waals surface area contributed by atoms with E-state index in [9.17, 15) is 4.79 Å². The number of aromatic nitrogens is 3. The zero-order valence-corrected chi connectivity index (χ0v) is 17.9. The highest BCUT2D eigenvalue weighted by molar-refractivity contribution is 5.79. The molecule has 0 spiro atoms. The fourth-order valence-electron chi connectivity index (χ4n) is 3.96. The van der Waals surface area contributed by atoms with Crippen LogP contribution in [0.2, 0.25) is 0 Å². The lowest BCUT2D eigenvalue weighted by molar-refractivity contribution is -0.133. The van der Waals surface area contributed by atoms with E-state index in [0.717, 1.165) is 43.2 Å². The Bertz CT molecular complexity index is 960. The van der Waals surface area contributed by atoms with Crippen molar-refractivity contribution in [3.8, 4) is 5.75 Å². The van der Waals surface area contributed by atoms with Gasteiger partial charge in [0.2, 0.25) is 5.91 Å². The number of nitrogens with zero attached hydrogens (tertiary/aromatic N) is 4. The van der Waals surface area contributed by atoms with Crippen LogP contribution in [0.1, 0.15) is 29.7 Å². The van der Waals surface area contributed by atoms with Crippen molar-refractivity contribution in [1.29, 1.82) is 0 Å². The molecule has 0 aliphatic carbocycles. The number of carbonyl (C=O) groups excluding carboxylic acids is 1. The molecule has 1 fully saturated rings. The molecule has 1 aliphatic rings. The number of benzene rings is 2. The van der Waals surface area contributed by atoms with Crippen LogP contribution in [0, 0.1) is 6.92 Å². The third-order valence-electron chi connectivity index (χ3n) is 5.60. The Balaban J connectivity index is 1.42. The summed E-state index contributed by atoms with van der Waals surface area (Å²) in [5, 5.41) is 7.30. The van der Waals surface area contributed by atoms with Gasteiger partial charge in [-0.1, -0.05) is 48.5 Å². The van der Waals surface area contributed by atoms with Gasteiger partial charge in [0.1, 0.15) is 18.2 Å². The molecule has 31 heavy (non-hydrogen) atoms. The van der Waals surface area contributed by atoms with Crippen molar-refractivity contribution in [1.82, 2.24) is 25.0 Å². The van der Waals surface area contributed by atoms with E-state index in [2.05, 4.69) is 20.1 Å². The molecule has 1 aliphatic heterocycles. The molecular weight excluding hydrogens is 390 g/mol. The summed E-state index contributed by atoms with van der Waals surface area (Å²) < 4.78 is 5.87. The molecule has 0 radical (unpaired) electrons. The van der Waals surface area contributed by atoms with Crippen molar-refractivity contribution in [2.45, 2.75) is 25.8 Å². The van der Waals surface area contributed by atoms with E-state index >= 15 is 0 Å². The molecule has 2 aromatic carbocycles. The number of nitrogens with one attached hydrogen (secondary N) is 1.